The van der Waals surface area contributed by atoms with E-state index >= 15 is 4.57 Å². The summed E-state index contributed by atoms with van der Waals surface area (Å²) in [6.07, 6.45) is 0. The standard InChI is InChI=1S/C55H38NOP/c57-58(45-33-27-41(28-34-45)39-15-4-1-5-16-39,46-35-29-42(30-36-46)40-17-6-2-7-18-40)47-37-31-44(32-38-47)55(43-19-8-3-9-20-43)50-23-11-13-26-53(50)56-52-25-12-10-21-48(52)49-22-14-24-51(55)54(49)56/h1-38H. The van der Waals surface area contributed by atoms with Crippen molar-refractivity contribution in [2.45, 2.75) is 5.41 Å². The van der Waals surface area contributed by atoms with Crippen molar-refractivity contribution in [1.82, 2.24) is 4.57 Å². The lowest BCUT2D eigenvalue weighted by Gasteiger charge is -2.41. The Kier molecular flexibility index (Phi) is 8.03. The van der Waals surface area contributed by atoms with Crippen LogP contribution in [0, 0.1) is 0 Å². The first-order valence-corrected chi connectivity index (χ1v) is 21.6. The summed E-state index contributed by atoms with van der Waals surface area (Å²) in [4.78, 5) is 0. The van der Waals surface area contributed by atoms with Crippen molar-refractivity contribution in [1.29, 1.82) is 0 Å². The zero-order chi connectivity index (χ0) is 38.7. The Morgan fingerprint density at radius 2 is 0.776 bits per heavy atom. The van der Waals surface area contributed by atoms with E-state index in [1.165, 1.54) is 44.2 Å². The van der Waals surface area contributed by atoms with Crippen LogP contribution in [-0.4, -0.2) is 4.57 Å². The van der Waals surface area contributed by atoms with Gasteiger partial charge in [-0.1, -0.05) is 218 Å². The number of hydrogen-bond acceptors (Lipinski definition) is 1. The molecule has 2 heterocycles. The van der Waals surface area contributed by atoms with E-state index in [0.717, 1.165) is 43.7 Å². The predicted octanol–water partition coefficient (Wildman–Crippen LogP) is 12.5. The normalized spacial score (nSPS) is 14.7. The van der Waals surface area contributed by atoms with Crippen molar-refractivity contribution in [2.24, 2.45) is 0 Å². The molecule has 1 unspecified atom stereocenters. The first kappa shape index (κ1) is 34.3. The molecule has 1 aliphatic heterocycles. The smallest absolute Gasteiger partial charge is 0.171 e. The van der Waals surface area contributed by atoms with Crippen molar-refractivity contribution >= 4 is 44.9 Å². The van der Waals surface area contributed by atoms with Crippen LogP contribution in [0.3, 0.4) is 0 Å². The third kappa shape index (κ3) is 5.09. The molecular formula is C55H38NOP. The molecule has 0 spiro atoms. The Hall–Kier alpha value is -6.99. The van der Waals surface area contributed by atoms with E-state index in [-0.39, 0.29) is 0 Å². The van der Waals surface area contributed by atoms with E-state index in [1.54, 1.807) is 0 Å². The molecule has 0 bridgehead atoms. The Morgan fingerprint density at radius 1 is 0.345 bits per heavy atom. The van der Waals surface area contributed by atoms with Crippen molar-refractivity contribution < 1.29 is 4.57 Å². The van der Waals surface area contributed by atoms with E-state index in [2.05, 4.69) is 223 Å². The Balaban J connectivity index is 1.13. The lowest BCUT2D eigenvalue weighted by Crippen LogP contribution is -2.35. The Labute approximate surface area is 338 Å². The van der Waals surface area contributed by atoms with Gasteiger partial charge in [0.2, 0.25) is 0 Å². The highest BCUT2D eigenvalue weighted by Crippen LogP contribution is 2.54. The van der Waals surface area contributed by atoms with Gasteiger partial charge in [-0.25, -0.2) is 0 Å². The fourth-order valence-corrected chi connectivity index (χ4v) is 12.1. The highest BCUT2D eigenvalue weighted by molar-refractivity contribution is 7.85. The maximum absolute atomic E-state index is 16.2. The molecule has 9 aromatic carbocycles. The van der Waals surface area contributed by atoms with Gasteiger partial charge in [0.25, 0.3) is 0 Å². The number of fused-ring (bicyclic) bond motifs is 5. The maximum Gasteiger partial charge on any atom is 0.171 e. The minimum atomic E-state index is -3.34. The first-order chi connectivity index (χ1) is 28.7. The van der Waals surface area contributed by atoms with Crippen LogP contribution in [0.25, 0.3) is 49.7 Å². The highest BCUT2D eigenvalue weighted by Gasteiger charge is 2.45. The van der Waals surface area contributed by atoms with Crippen LogP contribution in [-0.2, 0) is 9.98 Å². The van der Waals surface area contributed by atoms with Crippen molar-refractivity contribution in [2.75, 3.05) is 0 Å². The molecule has 0 aliphatic carbocycles. The Morgan fingerprint density at radius 3 is 1.38 bits per heavy atom. The number of benzene rings is 9. The highest BCUT2D eigenvalue weighted by atomic mass is 31.2. The molecule has 10 aromatic rings. The number of para-hydroxylation sites is 3. The zero-order valence-electron chi connectivity index (χ0n) is 31.7. The second kappa shape index (κ2) is 13.6. The number of rotatable bonds is 7. The molecule has 0 radical (unpaired) electrons. The predicted molar refractivity (Wildman–Crippen MR) is 243 cm³/mol. The summed E-state index contributed by atoms with van der Waals surface area (Å²) in [5.41, 5.74) is 12.2. The molecule has 2 nitrogen and oxygen atoms in total. The molecule has 1 atom stereocenters. The van der Waals surface area contributed by atoms with Gasteiger partial charge in [-0.15, -0.1) is 0 Å². The zero-order valence-corrected chi connectivity index (χ0v) is 32.6. The van der Waals surface area contributed by atoms with Gasteiger partial charge in [0.1, 0.15) is 0 Å². The average molecular weight is 760 g/mol. The minimum absolute atomic E-state index is 0.640. The van der Waals surface area contributed by atoms with Gasteiger partial charge in [0.05, 0.1) is 22.1 Å². The fraction of sp³-hybridized carbons (Fsp3) is 0.0182. The molecule has 3 heteroatoms. The van der Waals surface area contributed by atoms with E-state index in [9.17, 15) is 0 Å². The second-order valence-corrected chi connectivity index (χ2v) is 17.9. The number of aromatic nitrogens is 1. The van der Waals surface area contributed by atoms with Crippen LogP contribution >= 0.6 is 7.14 Å². The van der Waals surface area contributed by atoms with Gasteiger partial charge in [-0.2, -0.15) is 0 Å². The molecule has 1 aliphatic rings. The third-order valence-electron chi connectivity index (χ3n) is 12.2. The summed E-state index contributed by atoms with van der Waals surface area (Å²) in [6, 6.07) is 81.4. The fourth-order valence-electron chi connectivity index (χ4n) is 9.54. The summed E-state index contributed by atoms with van der Waals surface area (Å²) in [6.45, 7) is 0. The number of hydrogen-bond donors (Lipinski definition) is 0. The van der Waals surface area contributed by atoms with E-state index < -0.39 is 12.6 Å². The van der Waals surface area contributed by atoms with Gasteiger partial charge in [-0.05, 0) is 56.6 Å². The van der Waals surface area contributed by atoms with E-state index in [0.29, 0.717) is 0 Å². The summed E-state index contributed by atoms with van der Waals surface area (Å²) in [7, 11) is -3.34. The van der Waals surface area contributed by atoms with Crippen molar-refractivity contribution in [3.8, 4) is 27.9 Å². The van der Waals surface area contributed by atoms with Gasteiger partial charge < -0.3 is 9.13 Å². The van der Waals surface area contributed by atoms with Crippen LogP contribution in [0.4, 0.5) is 0 Å². The molecule has 0 fully saturated rings. The molecule has 0 N–H and O–H groups in total. The molecule has 0 saturated heterocycles. The molecule has 1 aromatic heterocycles. The maximum atomic E-state index is 16.2. The monoisotopic (exact) mass is 759 g/mol. The van der Waals surface area contributed by atoms with Gasteiger partial charge in [0, 0.05) is 26.7 Å². The largest absolute Gasteiger partial charge is 0.309 e. The summed E-state index contributed by atoms with van der Waals surface area (Å²) in [5.74, 6) is 0. The Bertz CT molecular complexity index is 3070. The van der Waals surface area contributed by atoms with E-state index in [4.69, 9.17) is 0 Å². The SMILES string of the molecule is O=P(c1ccc(-c2ccccc2)cc1)(c1ccc(-c2ccccc2)cc1)c1ccc(C2(c3ccccc3)c3ccccc3-n3c4ccccc4c4cccc2c43)cc1. The van der Waals surface area contributed by atoms with Gasteiger partial charge in [0.15, 0.2) is 7.14 Å². The van der Waals surface area contributed by atoms with Crippen LogP contribution in [0.5, 0.6) is 0 Å². The van der Waals surface area contributed by atoms with Crippen molar-refractivity contribution in [3.05, 3.63) is 253 Å². The quantitative estimate of drug-likeness (QED) is 0.148. The minimum Gasteiger partial charge on any atom is -0.309 e. The second-order valence-electron chi connectivity index (χ2n) is 15.2. The molecule has 58 heavy (non-hydrogen) atoms. The van der Waals surface area contributed by atoms with Crippen molar-refractivity contribution in [3.63, 3.8) is 0 Å². The van der Waals surface area contributed by atoms with Gasteiger partial charge in [-0.3, -0.25) is 0 Å². The first-order valence-electron chi connectivity index (χ1n) is 19.9. The lowest BCUT2D eigenvalue weighted by molar-refractivity contribution is 0.592. The third-order valence-corrected chi connectivity index (χ3v) is 15.3. The number of nitrogens with zero attached hydrogens (tertiary/aromatic N) is 1. The van der Waals surface area contributed by atoms with Gasteiger partial charge >= 0.3 is 0 Å². The summed E-state index contributed by atoms with van der Waals surface area (Å²) >= 11 is 0. The van der Waals surface area contributed by atoms with Crippen LogP contribution < -0.4 is 15.9 Å². The molecule has 0 amide bonds. The van der Waals surface area contributed by atoms with Crippen LogP contribution in [0.15, 0.2) is 231 Å². The van der Waals surface area contributed by atoms with E-state index in [1.807, 2.05) is 12.1 Å². The van der Waals surface area contributed by atoms with Crippen LogP contribution in [0.2, 0.25) is 0 Å². The molecule has 11 rings (SSSR count). The molecule has 274 valence electrons. The molecular weight excluding hydrogens is 722 g/mol. The average Bonchev–Trinajstić information content (AvgIpc) is 3.65. The van der Waals surface area contributed by atoms with Crippen LogP contribution in [0.1, 0.15) is 22.3 Å². The topological polar surface area (TPSA) is 22.0 Å². The summed E-state index contributed by atoms with van der Waals surface area (Å²) in [5, 5.41) is 4.90. The molecule has 0 saturated carbocycles. The lowest BCUT2D eigenvalue weighted by atomic mass is 9.63. The summed E-state index contributed by atoms with van der Waals surface area (Å²) < 4.78 is 18.6.